The summed E-state index contributed by atoms with van der Waals surface area (Å²) in [5.41, 5.74) is 4.96. The highest BCUT2D eigenvalue weighted by Crippen LogP contribution is 2.40. The number of nitrogens with zero attached hydrogens (tertiary/aromatic N) is 1. The van der Waals surface area contributed by atoms with Crippen molar-refractivity contribution in [2.75, 3.05) is 6.61 Å². The number of amides is 1. The zero-order chi connectivity index (χ0) is 17.6. The summed E-state index contributed by atoms with van der Waals surface area (Å²) < 4.78 is 0. The van der Waals surface area contributed by atoms with Crippen LogP contribution in [-0.4, -0.2) is 28.6 Å². The standard InChI is InChI=1S/C21H24N2O2/c1-12-7-13(2)20-17(8-12)18(10-19(23-20)15-4-5-15)21(25)22-16-6-3-14(9-16)11-24/h3,6-8,10,14-16,24H,4-5,9,11H2,1-2H3,(H,22,25)/t14-,16+/m0/s1. The Kier molecular flexibility index (Phi) is 4.08. The molecule has 25 heavy (non-hydrogen) atoms. The molecule has 0 saturated heterocycles. The van der Waals surface area contributed by atoms with Gasteiger partial charge in [-0.15, -0.1) is 0 Å². The van der Waals surface area contributed by atoms with E-state index in [4.69, 9.17) is 4.98 Å². The van der Waals surface area contributed by atoms with Crippen molar-refractivity contribution in [2.24, 2.45) is 5.92 Å². The number of aryl methyl sites for hydroxylation is 2. The normalized spacial score (nSPS) is 22.5. The van der Waals surface area contributed by atoms with Crippen molar-refractivity contribution in [3.05, 3.63) is 52.7 Å². The number of hydrogen-bond donors (Lipinski definition) is 2. The average Bonchev–Trinajstić information content (AvgIpc) is 3.34. The first-order chi connectivity index (χ1) is 12.0. The molecule has 0 radical (unpaired) electrons. The maximum Gasteiger partial charge on any atom is 0.252 e. The molecule has 4 rings (SSSR count). The molecule has 2 aromatic rings. The fourth-order valence-electron chi connectivity index (χ4n) is 3.74. The smallest absolute Gasteiger partial charge is 0.252 e. The molecule has 1 fully saturated rings. The number of fused-ring (bicyclic) bond motifs is 1. The first-order valence-electron chi connectivity index (χ1n) is 9.07. The first-order valence-corrected chi connectivity index (χ1v) is 9.07. The number of pyridine rings is 1. The van der Waals surface area contributed by atoms with E-state index in [9.17, 15) is 9.90 Å². The summed E-state index contributed by atoms with van der Waals surface area (Å²) in [6.45, 7) is 4.24. The fourth-order valence-corrected chi connectivity index (χ4v) is 3.74. The second-order valence-corrected chi connectivity index (χ2v) is 7.49. The number of rotatable bonds is 4. The lowest BCUT2D eigenvalue weighted by molar-refractivity contribution is 0.0942. The van der Waals surface area contributed by atoms with Crippen molar-refractivity contribution in [2.45, 2.75) is 45.1 Å². The van der Waals surface area contributed by atoms with Gasteiger partial charge in [-0.3, -0.25) is 9.78 Å². The van der Waals surface area contributed by atoms with E-state index in [1.54, 1.807) is 0 Å². The lowest BCUT2D eigenvalue weighted by atomic mass is 10.00. The van der Waals surface area contributed by atoms with Crippen LogP contribution >= 0.6 is 0 Å². The summed E-state index contributed by atoms with van der Waals surface area (Å²) in [6.07, 6.45) is 7.06. The number of carbonyl (C=O) groups is 1. The van der Waals surface area contributed by atoms with Gasteiger partial charge in [0.15, 0.2) is 0 Å². The quantitative estimate of drug-likeness (QED) is 0.841. The Bertz CT molecular complexity index is 868. The van der Waals surface area contributed by atoms with Crippen molar-refractivity contribution >= 4 is 16.8 Å². The van der Waals surface area contributed by atoms with Gasteiger partial charge in [0, 0.05) is 35.6 Å². The molecule has 2 aliphatic carbocycles. The van der Waals surface area contributed by atoms with E-state index in [1.165, 1.54) is 0 Å². The Morgan fingerprint density at radius 2 is 2.04 bits per heavy atom. The molecule has 2 atom stereocenters. The minimum atomic E-state index is -0.0486. The molecule has 0 bridgehead atoms. The predicted octanol–water partition coefficient (Wildman–Crippen LogP) is 3.40. The van der Waals surface area contributed by atoms with Crippen LogP contribution in [0.2, 0.25) is 0 Å². The summed E-state index contributed by atoms with van der Waals surface area (Å²) in [5.74, 6) is 0.598. The van der Waals surface area contributed by atoms with Gasteiger partial charge in [0.25, 0.3) is 5.91 Å². The molecule has 1 aromatic carbocycles. The maximum absolute atomic E-state index is 13.0. The van der Waals surface area contributed by atoms with Crippen LogP contribution in [0.25, 0.3) is 10.9 Å². The van der Waals surface area contributed by atoms with Crippen LogP contribution < -0.4 is 5.32 Å². The molecular formula is C21H24N2O2. The molecule has 130 valence electrons. The first kappa shape index (κ1) is 16.3. The zero-order valence-corrected chi connectivity index (χ0v) is 14.7. The van der Waals surface area contributed by atoms with Crippen LogP contribution in [0.4, 0.5) is 0 Å². The van der Waals surface area contributed by atoms with Crippen LogP contribution in [0.3, 0.4) is 0 Å². The molecule has 0 spiro atoms. The molecule has 2 N–H and O–H groups in total. The monoisotopic (exact) mass is 336 g/mol. The topological polar surface area (TPSA) is 62.2 Å². The van der Waals surface area contributed by atoms with E-state index in [0.29, 0.717) is 5.92 Å². The van der Waals surface area contributed by atoms with Gasteiger partial charge < -0.3 is 10.4 Å². The number of aliphatic hydroxyl groups is 1. The third kappa shape index (κ3) is 3.19. The number of hydrogen-bond acceptors (Lipinski definition) is 3. The second kappa shape index (κ2) is 6.26. The van der Waals surface area contributed by atoms with Crippen LogP contribution in [-0.2, 0) is 0 Å². The summed E-state index contributed by atoms with van der Waals surface area (Å²) >= 11 is 0. The molecule has 1 saturated carbocycles. The van der Waals surface area contributed by atoms with E-state index in [2.05, 4.69) is 31.3 Å². The Morgan fingerprint density at radius 3 is 2.72 bits per heavy atom. The van der Waals surface area contributed by atoms with E-state index < -0.39 is 0 Å². The van der Waals surface area contributed by atoms with Crippen molar-refractivity contribution in [3.63, 3.8) is 0 Å². The van der Waals surface area contributed by atoms with Crippen LogP contribution in [0.5, 0.6) is 0 Å². The minimum Gasteiger partial charge on any atom is -0.396 e. The van der Waals surface area contributed by atoms with E-state index >= 15 is 0 Å². The molecule has 1 heterocycles. The Balaban J connectivity index is 1.72. The Hall–Kier alpha value is -2.20. The van der Waals surface area contributed by atoms with Gasteiger partial charge in [-0.25, -0.2) is 0 Å². The van der Waals surface area contributed by atoms with Gasteiger partial charge in [-0.1, -0.05) is 23.8 Å². The van der Waals surface area contributed by atoms with Crippen LogP contribution in [0.1, 0.15) is 52.4 Å². The third-order valence-corrected chi connectivity index (χ3v) is 5.23. The van der Waals surface area contributed by atoms with Gasteiger partial charge in [0.2, 0.25) is 0 Å². The predicted molar refractivity (Wildman–Crippen MR) is 98.8 cm³/mol. The molecule has 1 aromatic heterocycles. The molecule has 1 amide bonds. The van der Waals surface area contributed by atoms with Crippen molar-refractivity contribution < 1.29 is 9.90 Å². The summed E-state index contributed by atoms with van der Waals surface area (Å²) in [7, 11) is 0. The highest BCUT2D eigenvalue weighted by molar-refractivity contribution is 6.07. The van der Waals surface area contributed by atoms with E-state index in [-0.39, 0.29) is 24.5 Å². The fraction of sp³-hybridized carbons (Fsp3) is 0.429. The van der Waals surface area contributed by atoms with Crippen molar-refractivity contribution in [1.82, 2.24) is 10.3 Å². The number of aliphatic hydroxyl groups excluding tert-OH is 1. The van der Waals surface area contributed by atoms with Crippen LogP contribution in [0, 0.1) is 19.8 Å². The molecular weight excluding hydrogens is 312 g/mol. The average molecular weight is 336 g/mol. The second-order valence-electron chi connectivity index (χ2n) is 7.49. The molecule has 0 unspecified atom stereocenters. The van der Waals surface area contributed by atoms with Gasteiger partial charge in [-0.2, -0.15) is 0 Å². The number of nitrogens with one attached hydrogen (secondary N) is 1. The van der Waals surface area contributed by atoms with Gasteiger partial charge in [0.05, 0.1) is 11.1 Å². The van der Waals surface area contributed by atoms with Crippen molar-refractivity contribution in [1.29, 1.82) is 0 Å². The zero-order valence-electron chi connectivity index (χ0n) is 14.7. The third-order valence-electron chi connectivity index (χ3n) is 5.23. The number of benzene rings is 1. The number of aromatic nitrogens is 1. The number of carbonyl (C=O) groups excluding carboxylic acids is 1. The Labute approximate surface area is 148 Å². The summed E-state index contributed by atoms with van der Waals surface area (Å²) in [4.78, 5) is 17.8. The highest BCUT2D eigenvalue weighted by atomic mass is 16.3. The van der Waals surface area contributed by atoms with Crippen LogP contribution in [0.15, 0.2) is 30.4 Å². The highest BCUT2D eigenvalue weighted by Gasteiger charge is 2.28. The van der Waals surface area contributed by atoms with Gasteiger partial charge >= 0.3 is 0 Å². The van der Waals surface area contributed by atoms with E-state index in [0.717, 1.165) is 52.5 Å². The molecule has 4 nitrogen and oxygen atoms in total. The van der Waals surface area contributed by atoms with Crippen molar-refractivity contribution in [3.8, 4) is 0 Å². The van der Waals surface area contributed by atoms with Gasteiger partial charge in [0.1, 0.15) is 0 Å². The Morgan fingerprint density at radius 1 is 1.24 bits per heavy atom. The SMILES string of the molecule is Cc1cc(C)c2nc(C3CC3)cc(C(=O)N[C@@H]3C=C[C@H](CO)C3)c2c1. The minimum absolute atomic E-state index is 0.0110. The molecule has 4 heteroatoms. The lowest BCUT2D eigenvalue weighted by Gasteiger charge is -2.16. The largest absolute Gasteiger partial charge is 0.396 e. The lowest BCUT2D eigenvalue weighted by Crippen LogP contribution is -2.33. The van der Waals surface area contributed by atoms with E-state index in [1.807, 2.05) is 18.2 Å². The van der Waals surface area contributed by atoms with Gasteiger partial charge in [-0.05, 0) is 50.8 Å². The molecule has 2 aliphatic rings. The summed E-state index contributed by atoms with van der Waals surface area (Å²) in [5, 5.41) is 13.3. The molecule has 0 aliphatic heterocycles. The summed E-state index contributed by atoms with van der Waals surface area (Å²) in [6, 6.07) is 6.15. The maximum atomic E-state index is 13.0.